The molecule has 1 aromatic carbocycles. The van der Waals surface area contributed by atoms with E-state index in [0.717, 1.165) is 48.4 Å². The van der Waals surface area contributed by atoms with Crippen molar-refractivity contribution in [3.05, 3.63) is 52.8 Å². The number of methoxy groups -OCH3 is 1. The molecule has 31 heavy (non-hydrogen) atoms. The molecule has 4 rings (SSSR count). The summed E-state index contributed by atoms with van der Waals surface area (Å²) < 4.78 is 7.62. The number of amides is 2. The van der Waals surface area contributed by atoms with Gasteiger partial charge in [-0.2, -0.15) is 5.10 Å². The summed E-state index contributed by atoms with van der Waals surface area (Å²) >= 11 is 0. The molecule has 2 aromatic rings. The molecule has 7 nitrogen and oxygen atoms in total. The number of hydrogen-bond donors (Lipinski definition) is 1. The molecule has 0 bridgehead atoms. The Morgan fingerprint density at radius 2 is 1.81 bits per heavy atom. The highest BCUT2D eigenvalue weighted by Gasteiger charge is 2.44. The maximum atomic E-state index is 13.1. The van der Waals surface area contributed by atoms with Gasteiger partial charge < -0.3 is 15.0 Å². The minimum absolute atomic E-state index is 0.00822. The van der Waals surface area contributed by atoms with Crippen LogP contribution in [0.1, 0.15) is 47.1 Å². The number of carbonyl (C=O) groups excluding carboxylic acids is 2. The quantitative estimate of drug-likeness (QED) is 0.800. The zero-order chi connectivity index (χ0) is 22.1. The Morgan fingerprint density at radius 1 is 1.13 bits per heavy atom. The predicted molar refractivity (Wildman–Crippen MR) is 118 cm³/mol. The number of hydrogen-bond acceptors (Lipinski definition) is 4. The van der Waals surface area contributed by atoms with E-state index in [2.05, 4.69) is 23.4 Å². The highest BCUT2D eigenvalue weighted by Crippen LogP contribution is 2.38. The number of likely N-dealkylation sites (tertiary alicyclic amines) is 1. The standard InChI is InChI=1S/C24H32N4O3/c1-15-9-16(2)28(26-15)12-18-5-7-19(8-6-18)24(30)27-13-20-10-22(25-17(3)29)23(31-4)11-21(20)14-27/h5-9,20-23H,10-14H2,1-4H3,(H,25,29)/t20-,21+,22-,23-/m1/s1. The average molecular weight is 425 g/mol. The molecule has 1 saturated heterocycles. The molecule has 4 atom stereocenters. The van der Waals surface area contributed by atoms with Crippen molar-refractivity contribution >= 4 is 11.8 Å². The Kier molecular flexibility index (Phi) is 6.14. The van der Waals surface area contributed by atoms with Gasteiger partial charge in [-0.15, -0.1) is 0 Å². The number of rotatable bonds is 5. The van der Waals surface area contributed by atoms with Crippen LogP contribution >= 0.6 is 0 Å². The molecule has 0 radical (unpaired) electrons. The van der Waals surface area contributed by atoms with Crippen LogP contribution in [0.5, 0.6) is 0 Å². The molecule has 2 heterocycles. The van der Waals surface area contributed by atoms with Gasteiger partial charge in [0, 0.05) is 38.4 Å². The summed E-state index contributed by atoms with van der Waals surface area (Å²) in [6.45, 7) is 7.78. The van der Waals surface area contributed by atoms with E-state index in [1.807, 2.05) is 40.8 Å². The zero-order valence-corrected chi connectivity index (χ0v) is 18.8. The summed E-state index contributed by atoms with van der Waals surface area (Å²) in [6, 6.07) is 9.95. The second-order valence-corrected chi connectivity index (χ2v) is 9.06. The van der Waals surface area contributed by atoms with Crippen molar-refractivity contribution in [2.75, 3.05) is 20.2 Å². The van der Waals surface area contributed by atoms with Crippen LogP contribution in [0.15, 0.2) is 30.3 Å². The Hall–Kier alpha value is -2.67. The molecular weight excluding hydrogens is 392 g/mol. The third kappa shape index (κ3) is 4.66. The first kappa shape index (κ1) is 21.6. The molecule has 166 valence electrons. The Morgan fingerprint density at radius 3 is 2.39 bits per heavy atom. The van der Waals surface area contributed by atoms with E-state index in [1.165, 1.54) is 0 Å². The van der Waals surface area contributed by atoms with Crippen LogP contribution in [0.25, 0.3) is 0 Å². The Balaban J connectivity index is 1.40. The van der Waals surface area contributed by atoms with Gasteiger partial charge in [0.1, 0.15) is 0 Å². The van der Waals surface area contributed by atoms with Gasteiger partial charge in [0.25, 0.3) is 5.91 Å². The molecule has 0 spiro atoms. The van der Waals surface area contributed by atoms with Gasteiger partial charge in [-0.25, -0.2) is 0 Å². The molecule has 0 unspecified atom stereocenters. The molecule has 2 fully saturated rings. The van der Waals surface area contributed by atoms with Crippen LogP contribution in [0, 0.1) is 25.7 Å². The normalized spacial score (nSPS) is 25.4. The molecule has 1 saturated carbocycles. The maximum Gasteiger partial charge on any atom is 0.253 e. The van der Waals surface area contributed by atoms with Crippen molar-refractivity contribution in [3.8, 4) is 0 Å². The van der Waals surface area contributed by atoms with E-state index in [0.29, 0.717) is 18.4 Å². The average Bonchev–Trinajstić information content (AvgIpc) is 3.28. The summed E-state index contributed by atoms with van der Waals surface area (Å²) in [5, 5.41) is 7.54. The van der Waals surface area contributed by atoms with Gasteiger partial charge >= 0.3 is 0 Å². The third-order valence-electron chi connectivity index (χ3n) is 6.73. The van der Waals surface area contributed by atoms with Crippen molar-refractivity contribution in [2.45, 2.75) is 52.3 Å². The summed E-state index contributed by atoms with van der Waals surface area (Å²) in [4.78, 5) is 26.7. The first-order chi connectivity index (χ1) is 14.8. The van der Waals surface area contributed by atoms with Gasteiger partial charge in [-0.05, 0) is 62.3 Å². The molecule has 1 N–H and O–H groups in total. The highest BCUT2D eigenvalue weighted by molar-refractivity contribution is 5.94. The minimum atomic E-state index is -0.0306. The fraction of sp³-hybridized carbons (Fsp3) is 0.542. The van der Waals surface area contributed by atoms with Crippen LogP contribution in [0.4, 0.5) is 0 Å². The van der Waals surface area contributed by atoms with Crippen molar-refractivity contribution in [1.82, 2.24) is 20.0 Å². The highest BCUT2D eigenvalue weighted by atomic mass is 16.5. The fourth-order valence-electron chi connectivity index (χ4n) is 5.20. The number of benzene rings is 1. The SMILES string of the molecule is CO[C@@H]1C[C@H]2CN(C(=O)c3ccc(Cn4nc(C)cc4C)cc3)C[C@H]2C[C@H]1NC(C)=O. The number of aryl methyl sites for hydroxylation is 2. The minimum Gasteiger partial charge on any atom is -0.379 e. The lowest BCUT2D eigenvalue weighted by Gasteiger charge is -2.37. The molecular formula is C24H32N4O3. The van der Waals surface area contributed by atoms with Crippen LogP contribution in [-0.2, 0) is 16.1 Å². The summed E-state index contributed by atoms with van der Waals surface area (Å²) in [5.74, 6) is 0.871. The van der Waals surface area contributed by atoms with E-state index in [-0.39, 0.29) is 24.0 Å². The van der Waals surface area contributed by atoms with Crippen molar-refractivity contribution in [2.24, 2.45) is 11.8 Å². The maximum absolute atomic E-state index is 13.1. The number of nitrogens with zero attached hydrogens (tertiary/aromatic N) is 3. The topological polar surface area (TPSA) is 76.5 Å². The largest absolute Gasteiger partial charge is 0.379 e. The smallest absolute Gasteiger partial charge is 0.253 e. The van der Waals surface area contributed by atoms with Crippen LogP contribution in [0.3, 0.4) is 0 Å². The van der Waals surface area contributed by atoms with Gasteiger partial charge in [-0.3, -0.25) is 14.3 Å². The number of ether oxygens (including phenoxy) is 1. The number of nitrogens with one attached hydrogen (secondary N) is 1. The lowest BCUT2D eigenvalue weighted by Crippen LogP contribution is -2.49. The summed E-state index contributed by atoms with van der Waals surface area (Å²) in [5.41, 5.74) is 3.98. The second kappa shape index (κ2) is 8.83. The molecule has 1 aliphatic heterocycles. The molecule has 1 aromatic heterocycles. The third-order valence-corrected chi connectivity index (χ3v) is 6.73. The summed E-state index contributed by atoms with van der Waals surface area (Å²) in [6.07, 6.45) is 1.74. The monoisotopic (exact) mass is 424 g/mol. The number of carbonyl (C=O) groups is 2. The van der Waals surface area contributed by atoms with Gasteiger partial charge in [-0.1, -0.05) is 12.1 Å². The summed E-state index contributed by atoms with van der Waals surface area (Å²) in [7, 11) is 1.70. The number of fused-ring (bicyclic) bond motifs is 1. The van der Waals surface area contributed by atoms with Crippen molar-refractivity contribution in [3.63, 3.8) is 0 Å². The molecule has 7 heteroatoms. The fourth-order valence-corrected chi connectivity index (χ4v) is 5.20. The van der Waals surface area contributed by atoms with Gasteiger partial charge in [0.15, 0.2) is 0 Å². The van der Waals surface area contributed by atoms with Crippen LogP contribution < -0.4 is 5.32 Å². The van der Waals surface area contributed by atoms with Gasteiger partial charge in [0.2, 0.25) is 5.91 Å². The first-order valence-corrected chi connectivity index (χ1v) is 11.0. The van der Waals surface area contributed by atoms with Crippen LogP contribution in [0.2, 0.25) is 0 Å². The predicted octanol–water partition coefficient (Wildman–Crippen LogP) is 2.55. The Labute approximate surface area is 183 Å². The second-order valence-electron chi connectivity index (χ2n) is 9.06. The molecule has 2 aliphatic rings. The molecule has 2 amide bonds. The van der Waals surface area contributed by atoms with E-state index in [9.17, 15) is 9.59 Å². The van der Waals surface area contributed by atoms with E-state index in [1.54, 1.807) is 14.0 Å². The van der Waals surface area contributed by atoms with Crippen molar-refractivity contribution < 1.29 is 14.3 Å². The van der Waals surface area contributed by atoms with E-state index < -0.39 is 0 Å². The van der Waals surface area contributed by atoms with Crippen LogP contribution in [-0.4, -0.2) is 58.8 Å². The zero-order valence-electron chi connectivity index (χ0n) is 18.8. The number of aromatic nitrogens is 2. The Bertz CT molecular complexity index is 952. The van der Waals surface area contributed by atoms with Crippen molar-refractivity contribution in [1.29, 1.82) is 0 Å². The lowest BCUT2D eigenvalue weighted by molar-refractivity contribution is -0.121. The molecule has 1 aliphatic carbocycles. The van der Waals surface area contributed by atoms with E-state index >= 15 is 0 Å². The van der Waals surface area contributed by atoms with E-state index in [4.69, 9.17) is 4.74 Å². The van der Waals surface area contributed by atoms with Gasteiger partial charge in [0.05, 0.1) is 24.4 Å². The first-order valence-electron chi connectivity index (χ1n) is 11.0. The lowest BCUT2D eigenvalue weighted by atomic mass is 9.77.